The van der Waals surface area contributed by atoms with E-state index in [0.29, 0.717) is 0 Å². The number of thioether (sulfide) groups is 1. The van der Waals surface area contributed by atoms with E-state index in [4.69, 9.17) is 4.74 Å². The van der Waals surface area contributed by atoms with Gasteiger partial charge in [0.25, 0.3) is 0 Å². The molecule has 0 amide bonds. The standard InChI is InChI=1S/C16H26N2OS/c1-3-10-17-14(12-20-13-7-4-5-8-13)16-15(19-2)9-6-11-18-16/h6,9,11,13-14,17H,3-5,7-8,10,12H2,1-2H3. The summed E-state index contributed by atoms with van der Waals surface area (Å²) in [7, 11) is 1.72. The largest absolute Gasteiger partial charge is 0.495 e. The third-order valence-corrected chi connectivity index (χ3v) is 5.26. The average molecular weight is 294 g/mol. The molecule has 1 fully saturated rings. The van der Waals surface area contributed by atoms with Crippen molar-refractivity contribution in [1.82, 2.24) is 10.3 Å². The molecule has 0 aromatic carbocycles. The summed E-state index contributed by atoms with van der Waals surface area (Å²) in [6, 6.07) is 4.23. The minimum absolute atomic E-state index is 0.289. The first-order chi connectivity index (χ1) is 9.85. The summed E-state index contributed by atoms with van der Waals surface area (Å²) >= 11 is 2.10. The highest BCUT2D eigenvalue weighted by Gasteiger charge is 2.21. The zero-order valence-electron chi connectivity index (χ0n) is 12.6. The van der Waals surface area contributed by atoms with Crippen molar-refractivity contribution < 1.29 is 4.74 Å². The summed E-state index contributed by atoms with van der Waals surface area (Å²) in [6.45, 7) is 3.22. The maximum absolute atomic E-state index is 5.47. The number of hydrogen-bond donors (Lipinski definition) is 1. The number of aromatic nitrogens is 1. The highest BCUT2D eigenvalue weighted by atomic mass is 32.2. The van der Waals surface area contributed by atoms with E-state index in [1.807, 2.05) is 18.3 Å². The van der Waals surface area contributed by atoms with Crippen molar-refractivity contribution in [3.8, 4) is 5.75 Å². The number of nitrogens with zero attached hydrogens (tertiary/aromatic N) is 1. The molecule has 1 aromatic heterocycles. The van der Waals surface area contributed by atoms with Crippen LogP contribution in [0.3, 0.4) is 0 Å². The number of pyridine rings is 1. The smallest absolute Gasteiger partial charge is 0.142 e. The Morgan fingerprint density at radius 1 is 1.45 bits per heavy atom. The van der Waals surface area contributed by atoms with E-state index in [-0.39, 0.29) is 6.04 Å². The second-order valence-corrected chi connectivity index (χ2v) is 6.67. The van der Waals surface area contributed by atoms with E-state index in [9.17, 15) is 0 Å². The highest BCUT2D eigenvalue weighted by molar-refractivity contribution is 7.99. The van der Waals surface area contributed by atoms with Crippen LogP contribution in [0.15, 0.2) is 18.3 Å². The Morgan fingerprint density at radius 3 is 2.95 bits per heavy atom. The zero-order valence-corrected chi connectivity index (χ0v) is 13.4. The van der Waals surface area contributed by atoms with Crippen LogP contribution in [0.25, 0.3) is 0 Å². The van der Waals surface area contributed by atoms with Gasteiger partial charge in [-0.2, -0.15) is 11.8 Å². The third kappa shape index (κ3) is 4.38. The molecule has 0 bridgehead atoms. The van der Waals surface area contributed by atoms with Crippen LogP contribution in [0, 0.1) is 0 Å². The molecule has 1 saturated carbocycles. The van der Waals surface area contributed by atoms with Crippen LogP contribution in [-0.2, 0) is 0 Å². The molecule has 0 spiro atoms. The van der Waals surface area contributed by atoms with Crippen molar-refractivity contribution in [3.05, 3.63) is 24.0 Å². The molecule has 1 N–H and O–H groups in total. The van der Waals surface area contributed by atoms with Gasteiger partial charge in [-0.05, 0) is 37.9 Å². The predicted octanol–water partition coefficient (Wildman–Crippen LogP) is 3.81. The molecule has 2 rings (SSSR count). The number of ether oxygens (including phenoxy) is 1. The lowest BCUT2D eigenvalue weighted by Gasteiger charge is -2.21. The topological polar surface area (TPSA) is 34.2 Å². The van der Waals surface area contributed by atoms with Crippen LogP contribution in [0.1, 0.15) is 50.8 Å². The van der Waals surface area contributed by atoms with E-state index in [1.54, 1.807) is 7.11 Å². The highest BCUT2D eigenvalue weighted by Crippen LogP contribution is 2.33. The van der Waals surface area contributed by atoms with E-state index in [1.165, 1.54) is 25.7 Å². The number of methoxy groups -OCH3 is 1. The van der Waals surface area contributed by atoms with Crippen molar-refractivity contribution in [2.45, 2.75) is 50.3 Å². The van der Waals surface area contributed by atoms with Crippen LogP contribution >= 0.6 is 11.8 Å². The molecular weight excluding hydrogens is 268 g/mol. The fraction of sp³-hybridized carbons (Fsp3) is 0.688. The molecule has 0 saturated heterocycles. The van der Waals surface area contributed by atoms with Crippen molar-refractivity contribution in [2.75, 3.05) is 19.4 Å². The normalized spacial score (nSPS) is 17.3. The summed E-state index contributed by atoms with van der Waals surface area (Å²) < 4.78 is 5.47. The molecule has 0 aliphatic heterocycles. The maximum atomic E-state index is 5.47. The summed E-state index contributed by atoms with van der Waals surface area (Å²) in [5.74, 6) is 1.98. The van der Waals surface area contributed by atoms with E-state index >= 15 is 0 Å². The van der Waals surface area contributed by atoms with Gasteiger partial charge in [0.2, 0.25) is 0 Å². The van der Waals surface area contributed by atoms with Crippen LogP contribution in [0.5, 0.6) is 5.75 Å². The Morgan fingerprint density at radius 2 is 2.25 bits per heavy atom. The van der Waals surface area contributed by atoms with E-state index in [0.717, 1.165) is 35.4 Å². The fourth-order valence-corrected chi connectivity index (χ4v) is 4.08. The molecule has 4 heteroatoms. The molecule has 20 heavy (non-hydrogen) atoms. The van der Waals surface area contributed by atoms with Crippen molar-refractivity contribution in [2.24, 2.45) is 0 Å². The van der Waals surface area contributed by atoms with Gasteiger partial charge in [-0.3, -0.25) is 4.98 Å². The zero-order chi connectivity index (χ0) is 14.2. The van der Waals surface area contributed by atoms with Gasteiger partial charge in [0, 0.05) is 17.2 Å². The van der Waals surface area contributed by atoms with Gasteiger partial charge in [0.05, 0.1) is 18.8 Å². The van der Waals surface area contributed by atoms with E-state index < -0.39 is 0 Å². The lowest BCUT2D eigenvalue weighted by Crippen LogP contribution is -2.26. The first-order valence-corrected chi connectivity index (χ1v) is 8.74. The molecule has 1 unspecified atom stereocenters. The Hall–Kier alpha value is -0.740. The summed E-state index contributed by atoms with van der Waals surface area (Å²) in [4.78, 5) is 4.55. The molecule has 1 aromatic rings. The number of rotatable bonds is 8. The van der Waals surface area contributed by atoms with Crippen molar-refractivity contribution >= 4 is 11.8 Å². The Bertz CT molecular complexity index is 394. The molecule has 1 atom stereocenters. The van der Waals surface area contributed by atoms with Gasteiger partial charge < -0.3 is 10.1 Å². The lowest BCUT2D eigenvalue weighted by atomic mass is 10.2. The Balaban J connectivity index is 2.01. The molecule has 0 radical (unpaired) electrons. The fourth-order valence-electron chi connectivity index (χ4n) is 2.68. The van der Waals surface area contributed by atoms with Crippen molar-refractivity contribution in [3.63, 3.8) is 0 Å². The van der Waals surface area contributed by atoms with Gasteiger partial charge in [-0.25, -0.2) is 0 Å². The second-order valence-electron chi connectivity index (χ2n) is 5.34. The van der Waals surface area contributed by atoms with Crippen LogP contribution in [0.4, 0.5) is 0 Å². The van der Waals surface area contributed by atoms with Gasteiger partial charge in [-0.1, -0.05) is 19.8 Å². The monoisotopic (exact) mass is 294 g/mol. The molecule has 1 heterocycles. The number of hydrogen-bond acceptors (Lipinski definition) is 4. The summed E-state index contributed by atoms with van der Waals surface area (Å²) in [6.07, 6.45) is 8.56. The first kappa shape index (κ1) is 15.6. The first-order valence-electron chi connectivity index (χ1n) is 7.69. The quantitative estimate of drug-likeness (QED) is 0.790. The van der Waals surface area contributed by atoms with Crippen molar-refractivity contribution in [1.29, 1.82) is 0 Å². The Kier molecular flexibility index (Phi) is 6.67. The van der Waals surface area contributed by atoms with Crippen LogP contribution < -0.4 is 10.1 Å². The van der Waals surface area contributed by atoms with Crippen LogP contribution in [-0.4, -0.2) is 29.6 Å². The maximum Gasteiger partial charge on any atom is 0.142 e. The average Bonchev–Trinajstić information content (AvgIpc) is 3.01. The van der Waals surface area contributed by atoms with Gasteiger partial charge in [0.1, 0.15) is 5.75 Å². The summed E-state index contributed by atoms with van der Waals surface area (Å²) in [5, 5.41) is 4.46. The molecule has 1 aliphatic rings. The SMILES string of the molecule is CCCNC(CSC1CCCC1)c1ncccc1OC. The molecule has 112 valence electrons. The van der Waals surface area contributed by atoms with Gasteiger partial charge in [-0.15, -0.1) is 0 Å². The Labute approximate surface area is 126 Å². The molecular formula is C16H26N2OS. The van der Waals surface area contributed by atoms with Gasteiger partial charge >= 0.3 is 0 Å². The third-order valence-electron chi connectivity index (χ3n) is 3.79. The molecule has 3 nitrogen and oxygen atoms in total. The minimum atomic E-state index is 0.289. The molecule has 1 aliphatic carbocycles. The van der Waals surface area contributed by atoms with E-state index in [2.05, 4.69) is 29.0 Å². The summed E-state index contributed by atoms with van der Waals surface area (Å²) in [5.41, 5.74) is 1.05. The van der Waals surface area contributed by atoms with Crippen LogP contribution in [0.2, 0.25) is 0 Å². The minimum Gasteiger partial charge on any atom is -0.495 e. The number of nitrogens with one attached hydrogen (secondary N) is 1. The van der Waals surface area contributed by atoms with Gasteiger partial charge in [0.15, 0.2) is 0 Å². The second kappa shape index (κ2) is 8.53. The predicted molar refractivity (Wildman–Crippen MR) is 86.5 cm³/mol. The lowest BCUT2D eigenvalue weighted by molar-refractivity contribution is 0.398.